The minimum atomic E-state index is -0.619. The van der Waals surface area contributed by atoms with E-state index in [9.17, 15) is 5.11 Å². The van der Waals surface area contributed by atoms with Crippen LogP contribution in [0, 0.1) is 13.8 Å². The number of halogens is 1. The highest BCUT2D eigenvalue weighted by molar-refractivity contribution is 6.31. The highest BCUT2D eigenvalue weighted by Gasteiger charge is 2.14. The summed E-state index contributed by atoms with van der Waals surface area (Å²) in [5, 5.41) is 10.9. The Kier molecular flexibility index (Phi) is 4.00. The first-order chi connectivity index (χ1) is 8.58. The molecule has 1 heterocycles. The molecule has 0 fully saturated rings. The second-order valence-corrected chi connectivity index (χ2v) is 4.93. The van der Waals surface area contributed by atoms with Gasteiger partial charge in [-0.2, -0.15) is 0 Å². The van der Waals surface area contributed by atoms with Gasteiger partial charge in [0.25, 0.3) is 0 Å². The summed E-state index contributed by atoms with van der Waals surface area (Å²) in [6, 6.07) is 9.68. The molecule has 1 N–H and O–H groups in total. The van der Waals surface area contributed by atoms with E-state index < -0.39 is 6.10 Å². The van der Waals surface area contributed by atoms with Crippen LogP contribution < -0.4 is 0 Å². The highest BCUT2D eigenvalue weighted by atomic mass is 35.5. The number of aromatic nitrogens is 1. The van der Waals surface area contributed by atoms with E-state index in [1.54, 1.807) is 6.20 Å². The number of pyridine rings is 1. The van der Waals surface area contributed by atoms with Crippen molar-refractivity contribution in [2.24, 2.45) is 0 Å². The summed E-state index contributed by atoms with van der Waals surface area (Å²) < 4.78 is 0. The smallest absolute Gasteiger partial charge is 0.100 e. The Morgan fingerprint density at radius 3 is 2.72 bits per heavy atom. The van der Waals surface area contributed by atoms with E-state index in [-0.39, 0.29) is 0 Å². The molecule has 3 heteroatoms. The van der Waals surface area contributed by atoms with Crippen LogP contribution in [0.1, 0.15) is 28.5 Å². The normalized spacial score (nSPS) is 12.4. The minimum absolute atomic E-state index is 0.483. The lowest BCUT2D eigenvalue weighted by atomic mass is 10.0. The predicted molar refractivity (Wildman–Crippen MR) is 73.8 cm³/mol. The number of aliphatic hydroxyl groups excluding tert-OH is 1. The number of nitrogens with zero attached hydrogens (tertiary/aromatic N) is 1. The van der Waals surface area contributed by atoms with Crippen LogP contribution >= 0.6 is 11.6 Å². The Labute approximate surface area is 112 Å². The largest absolute Gasteiger partial charge is 0.386 e. The number of rotatable bonds is 3. The van der Waals surface area contributed by atoms with E-state index in [0.29, 0.717) is 17.1 Å². The van der Waals surface area contributed by atoms with E-state index in [1.807, 2.05) is 44.2 Å². The standard InChI is InChI=1S/C15H16ClNO/c1-10-5-6-12(13(16)8-10)9-14(18)15-11(2)4-3-7-17-15/h3-8,14,18H,9H2,1-2H3. The van der Waals surface area contributed by atoms with Gasteiger partial charge in [0.2, 0.25) is 0 Å². The topological polar surface area (TPSA) is 33.1 Å². The Hall–Kier alpha value is -1.38. The van der Waals surface area contributed by atoms with Crippen LogP contribution in [0.3, 0.4) is 0 Å². The van der Waals surface area contributed by atoms with Gasteiger partial charge in [0, 0.05) is 17.6 Å². The minimum Gasteiger partial charge on any atom is -0.386 e. The van der Waals surface area contributed by atoms with Crippen LogP contribution in [0.2, 0.25) is 5.02 Å². The lowest BCUT2D eigenvalue weighted by Crippen LogP contribution is -2.06. The molecule has 2 nitrogen and oxygen atoms in total. The Balaban J connectivity index is 2.21. The van der Waals surface area contributed by atoms with Crippen molar-refractivity contribution in [2.75, 3.05) is 0 Å². The summed E-state index contributed by atoms with van der Waals surface area (Å²) in [6.45, 7) is 3.94. The van der Waals surface area contributed by atoms with Gasteiger partial charge in [-0.1, -0.05) is 29.8 Å². The first-order valence-electron chi connectivity index (χ1n) is 5.92. The van der Waals surface area contributed by atoms with Gasteiger partial charge in [0.15, 0.2) is 0 Å². The van der Waals surface area contributed by atoms with Gasteiger partial charge in [-0.05, 0) is 42.7 Å². The Bertz CT molecular complexity index is 554. The van der Waals surface area contributed by atoms with Crippen LogP contribution in [0.5, 0.6) is 0 Å². The molecule has 1 unspecified atom stereocenters. The van der Waals surface area contributed by atoms with Crippen molar-refractivity contribution >= 4 is 11.6 Å². The zero-order chi connectivity index (χ0) is 13.1. The van der Waals surface area contributed by atoms with E-state index in [2.05, 4.69) is 4.98 Å². The van der Waals surface area contributed by atoms with Crippen molar-refractivity contribution in [1.82, 2.24) is 4.98 Å². The fourth-order valence-corrected chi connectivity index (χ4v) is 2.28. The quantitative estimate of drug-likeness (QED) is 0.915. The van der Waals surface area contributed by atoms with Crippen molar-refractivity contribution in [2.45, 2.75) is 26.4 Å². The molecule has 2 rings (SSSR count). The first-order valence-corrected chi connectivity index (χ1v) is 6.30. The maximum Gasteiger partial charge on any atom is 0.100 e. The summed E-state index contributed by atoms with van der Waals surface area (Å²) >= 11 is 6.17. The third kappa shape index (κ3) is 2.89. The molecule has 1 aromatic carbocycles. The molecular weight excluding hydrogens is 246 g/mol. The Morgan fingerprint density at radius 1 is 1.28 bits per heavy atom. The fourth-order valence-electron chi connectivity index (χ4n) is 1.97. The van der Waals surface area contributed by atoms with Gasteiger partial charge < -0.3 is 5.11 Å². The molecule has 1 aromatic heterocycles. The molecule has 0 saturated carbocycles. The van der Waals surface area contributed by atoms with Crippen molar-refractivity contribution in [3.05, 3.63) is 63.9 Å². The maximum absolute atomic E-state index is 10.2. The van der Waals surface area contributed by atoms with Crippen LogP contribution in [-0.4, -0.2) is 10.1 Å². The number of hydrogen-bond acceptors (Lipinski definition) is 2. The molecule has 0 aliphatic heterocycles. The maximum atomic E-state index is 10.2. The van der Waals surface area contributed by atoms with Gasteiger partial charge in [-0.3, -0.25) is 4.98 Å². The van der Waals surface area contributed by atoms with Gasteiger partial charge >= 0.3 is 0 Å². The van der Waals surface area contributed by atoms with Crippen LogP contribution in [0.15, 0.2) is 36.5 Å². The fraction of sp³-hybridized carbons (Fsp3) is 0.267. The summed E-state index contributed by atoms with van der Waals surface area (Å²) in [5.41, 5.74) is 3.77. The number of hydrogen-bond donors (Lipinski definition) is 1. The molecule has 0 amide bonds. The molecule has 0 saturated heterocycles. The van der Waals surface area contributed by atoms with Gasteiger partial charge in [-0.15, -0.1) is 0 Å². The highest BCUT2D eigenvalue weighted by Crippen LogP contribution is 2.24. The van der Waals surface area contributed by atoms with Crippen molar-refractivity contribution in [3.63, 3.8) is 0 Å². The van der Waals surface area contributed by atoms with Gasteiger partial charge in [0.05, 0.1) is 5.69 Å². The summed E-state index contributed by atoms with van der Waals surface area (Å²) in [4.78, 5) is 4.23. The third-order valence-corrected chi connectivity index (χ3v) is 3.34. The van der Waals surface area contributed by atoms with Crippen LogP contribution in [0.4, 0.5) is 0 Å². The first kappa shape index (κ1) is 13.1. The molecular formula is C15H16ClNO. The summed E-state index contributed by atoms with van der Waals surface area (Å²) in [7, 11) is 0. The molecule has 1 atom stereocenters. The molecule has 0 radical (unpaired) electrons. The van der Waals surface area contributed by atoms with Crippen molar-refractivity contribution in [3.8, 4) is 0 Å². The van der Waals surface area contributed by atoms with Gasteiger partial charge in [-0.25, -0.2) is 0 Å². The molecule has 0 aliphatic rings. The molecule has 94 valence electrons. The van der Waals surface area contributed by atoms with E-state index in [4.69, 9.17) is 11.6 Å². The van der Waals surface area contributed by atoms with Crippen molar-refractivity contribution in [1.29, 1.82) is 0 Å². The predicted octanol–water partition coefficient (Wildman–Crippen LogP) is 3.63. The monoisotopic (exact) mass is 261 g/mol. The van der Waals surface area contributed by atoms with Crippen molar-refractivity contribution < 1.29 is 5.11 Å². The third-order valence-electron chi connectivity index (χ3n) is 2.99. The zero-order valence-corrected chi connectivity index (χ0v) is 11.3. The number of benzene rings is 1. The molecule has 18 heavy (non-hydrogen) atoms. The van der Waals surface area contributed by atoms with Crippen LogP contribution in [0.25, 0.3) is 0 Å². The second kappa shape index (κ2) is 5.51. The Morgan fingerprint density at radius 2 is 2.06 bits per heavy atom. The average Bonchev–Trinajstić information content (AvgIpc) is 2.33. The number of aliphatic hydroxyl groups is 1. The second-order valence-electron chi connectivity index (χ2n) is 4.52. The zero-order valence-electron chi connectivity index (χ0n) is 10.5. The van der Waals surface area contributed by atoms with E-state index in [1.165, 1.54) is 0 Å². The lowest BCUT2D eigenvalue weighted by molar-refractivity contribution is 0.173. The number of aryl methyl sites for hydroxylation is 2. The van der Waals surface area contributed by atoms with Crippen LogP contribution in [-0.2, 0) is 6.42 Å². The molecule has 0 spiro atoms. The molecule has 0 bridgehead atoms. The summed E-state index contributed by atoms with van der Waals surface area (Å²) in [5.74, 6) is 0. The van der Waals surface area contributed by atoms with E-state index >= 15 is 0 Å². The molecule has 0 aliphatic carbocycles. The van der Waals surface area contributed by atoms with E-state index in [0.717, 1.165) is 16.7 Å². The average molecular weight is 262 g/mol. The van der Waals surface area contributed by atoms with Gasteiger partial charge in [0.1, 0.15) is 6.10 Å². The SMILES string of the molecule is Cc1ccc(CC(O)c2ncccc2C)c(Cl)c1. The lowest BCUT2D eigenvalue weighted by Gasteiger charge is -2.13. The summed E-state index contributed by atoms with van der Waals surface area (Å²) in [6.07, 6.45) is 1.56. The molecule has 2 aromatic rings.